The number of carbonyl (C=O) groups is 1. The van der Waals surface area contributed by atoms with E-state index in [1.807, 2.05) is 34.9 Å². The van der Waals surface area contributed by atoms with Crippen molar-refractivity contribution in [2.45, 2.75) is 11.7 Å². The van der Waals surface area contributed by atoms with Crippen molar-refractivity contribution in [1.82, 2.24) is 4.90 Å². The third-order valence-corrected chi connectivity index (χ3v) is 5.56. The van der Waals surface area contributed by atoms with E-state index in [-0.39, 0.29) is 5.91 Å². The van der Waals surface area contributed by atoms with Gasteiger partial charge in [0.2, 0.25) is 0 Å². The van der Waals surface area contributed by atoms with Crippen LogP contribution < -0.4 is 0 Å². The summed E-state index contributed by atoms with van der Waals surface area (Å²) in [6.45, 7) is 1.55. The van der Waals surface area contributed by atoms with Crippen molar-refractivity contribution in [3.63, 3.8) is 0 Å². The smallest absolute Gasteiger partial charge is 0.255 e. The predicted molar refractivity (Wildman–Crippen MR) is 93.6 cm³/mol. The molecule has 1 amide bonds. The normalized spacial score (nSPS) is 18.8. The summed E-state index contributed by atoms with van der Waals surface area (Å²) in [5, 5.41) is 0.995. The van der Waals surface area contributed by atoms with Gasteiger partial charge < -0.3 is 4.90 Å². The van der Waals surface area contributed by atoms with Gasteiger partial charge in [0.05, 0.1) is 10.6 Å². The van der Waals surface area contributed by atoms with Crippen molar-refractivity contribution in [2.75, 3.05) is 18.8 Å². The second kappa shape index (κ2) is 7.21. The molecule has 0 aliphatic carbocycles. The van der Waals surface area contributed by atoms with Gasteiger partial charge in [-0.15, -0.1) is 0 Å². The van der Waals surface area contributed by atoms with Crippen LogP contribution in [0.3, 0.4) is 0 Å². The molecule has 0 unspecified atom stereocenters. The lowest BCUT2D eigenvalue weighted by Crippen LogP contribution is -2.33. The first-order chi connectivity index (χ1) is 10.8. The monoisotopic (exact) mass is 331 g/mol. The van der Waals surface area contributed by atoms with Gasteiger partial charge in [-0.2, -0.15) is 11.8 Å². The van der Waals surface area contributed by atoms with Crippen LogP contribution in [0.1, 0.15) is 27.6 Å². The van der Waals surface area contributed by atoms with E-state index >= 15 is 0 Å². The molecule has 0 saturated carbocycles. The lowest BCUT2D eigenvalue weighted by atomic mass is 10.1. The average molecular weight is 332 g/mol. The fraction of sp³-hybridized carbons (Fsp3) is 0.278. The Morgan fingerprint density at radius 2 is 1.77 bits per heavy atom. The molecule has 0 radical (unpaired) electrons. The fourth-order valence-corrected chi connectivity index (χ4v) is 4.16. The number of carbonyl (C=O) groups excluding carboxylic acids is 1. The number of benzene rings is 2. The summed E-state index contributed by atoms with van der Waals surface area (Å²) < 4.78 is 0. The van der Waals surface area contributed by atoms with Crippen LogP contribution in [0.15, 0.2) is 54.6 Å². The Balaban J connectivity index is 1.70. The lowest BCUT2D eigenvalue weighted by Gasteiger charge is -2.21. The van der Waals surface area contributed by atoms with Crippen molar-refractivity contribution < 1.29 is 4.79 Å². The first-order valence-electron chi connectivity index (χ1n) is 7.46. The van der Waals surface area contributed by atoms with E-state index < -0.39 is 0 Å². The third-order valence-electron chi connectivity index (χ3n) is 3.90. The van der Waals surface area contributed by atoms with Gasteiger partial charge in [0, 0.05) is 24.1 Å². The second-order valence-corrected chi connectivity index (χ2v) is 7.05. The van der Waals surface area contributed by atoms with Gasteiger partial charge in [0.25, 0.3) is 5.91 Å². The van der Waals surface area contributed by atoms with Crippen LogP contribution in [0, 0.1) is 0 Å². The summed E-state index contributed by atoms with van der Waals surface area (Å²) in [7, 11) is 0. The number of nitrogens with zero attached hydrogens (tertiary/aromatic N) is 1. The molecule has 22 heavy (non-hydrogen) atoms. The van der Waals surface area contributed by atoms with Gasteiger partial charge in [0.1, 0.15) is 0 Å². The average Bonchev–Trinajstić information content (AvgIpc) is 2.81. The van der Waals surface area contributed by atoms with Crippen LogP contribution in [-0.2, 0) is 0 Å². The Morgan fingerprint density at radius 1 is 1.05 bits per heavy atom. The van der Waals surface area contributed by atoms with E-state index in [9.17, 15) is 4.79 Å². The zero-order valence-electron chi connectivity index (χ0n) is 12.2. The van der Waals surface area contributed by atoms with E-state index in [1.165, 1.54) is 5.56 Å². The molecular formula is C18H18ClNOS. The van der Waals surface area contributed by atoms with Crippen molar-refractivity contribution in [1.29, 1.82) is 0 Å². The van der Waals surface area contributed by atoms with Crippen molar-refractivity contribution >= 4 is 29.3 Å². The van der Waals surface area contributed by atoms with Crippen molar-refractivity contribution in [2.24, 2.45) is 0 Å². The van der Waals surface area contributed by atoms with Crippen LogP contribution in [0.4, 0.5) is 0 Å². The number of hydrogen-bond donors (Lipinski definition) is 0. The van der Waals surface area contributed by atoms with Gasteiger partial charge in [-0.05, 0) is 24.1 Å². The van der Waals surface area contributed by atoms with E-state index in [1.54, 1.807) is 12.1 Å². The van der Waals surface area contributed by atoms with Gasteiger partial charge in [0.15, 0.2) is 0 Å². The maximum Gasteiger partial charge on any atom is 0.255 e. The molecule has 1 fully saturated rings. The summed E-state index contributed by atoms with van der Waals surface area (Å²) in [5.74, 6) is 0.996. The molecule has 2 aromatic carbocycles. The Kier molecular flexibility index (Phi) is 5.06. The molecule has 0 aromatic heterocycles. The van der Waals surface area contributed by atoms with Gasteiger partial charge in [-0.25, -0.2) is 0 Å². The summed E-state index contributed by atoms with van der Waals surface area (Å²) >= 11 is 8.08. The van der Waals surface area contributed by atoms with Gasteiger partial charge >= 0.3 is 0 Å². The first-order valence-corrected chi connectivity index (χ1v) is 8.89. The highest BCUT2D eigenvalue weighted by molar-refractivity contribution is 7.99. The number of rotatable bonds is 2. The molecular weight excluding hydrogens is 314 g/mol. The highest BCUT2D eigenvalue weighted by Gasteiger charge is 2.23. The standard InChI is InChI=1S/C18H18ClNOS/c19-16-9-5-4-8-15(16)18(21)20-11-10-17(22-13-12-20)14-6-2-1-3-7-14/h1-9,17H,10-13H2/t17-/m1/s1. The molecule has 0 spiro atoms. The highest BCUT2D eigenvalue weighted by atomic mass is 35.5. The molecule has 1 atom stereocenters. The van der Waals surface area contributed by atoms with Crippen molar-refractivity contribution in [3.05, 3.63) is 70.7 Å². The van der Waals surface area contributed by atoms with Crippen LogP contribution in [-0.4, -0.2) is 29.6 Å². The molecule has 4 heteroatoms. The fourth-order valence-electron chi connectivity index (χ4n) is 2.71. The first kappa shape index (κ1) is 15.4. The Bertz CT molecular complexity index is 647. The van der Waals surface area contributed by atoms with Crippen LogP contribution in [0.25, 0.3) is 0 Å². The van der Waals surface area contributed by atoms with E-state index in [0.717, 1.165) is 25.3 Å². The molecule has 3 rings (SSSR count). The highest BCUT2D eigenvalue weighted by Crippen LogP contribution is 2.34. The maximum atomic E-state index is 12.6. The van der Waals surface area contributed by atoms with E-state index in [2.05, 4.69) is 24.3 Å². The zero-order chi connectivity index (χ0) is 15.4. The Morgan fingerprint density at radius 3 is 2.55 bits per heavy atom. The third kappa shape index (κ3) is 3.47. The molecule has 1 heterocycles. The Labute approximate surface area is 140 Å². The molecule has 114 valence electrons. The van der Waals surface area contributed by atoms with Crippen LogP contribution in [0.2, 0.25) is 5.02 Å². The quantitative estimate of drug-likeness (QED) is 0.797. The molecule has 1 aliphatic heterocycles. The topological polar surface area (TPSA) is 20.3 Å². The van der Waals surface area contributed by atoms with Gasteiger partial charge in [-0.1, -0.05) is 54.1 Å². The molecule has 0 N–H and O–H groups in total. The molecule has 0 bridgehead atoms. The van der Waals surface area contributed by atoms with Crippen LogP contribution in [0.5, 0.6) is 0 Å². The SMILES string of the molecule is O=C(c1ccccc1Cl)N1CCS[C@@H](c2ccccc2)CC1. The molecule has 2 aromatic rings. The minimum Gasteiger partial charge on any atom is -0.338 e. The largest absolute Gasteiger partial charge is 0.338 e. The summed E-state index contributed by atoms with van der Waals surface area (Å²) in [4.78, 5) is 14.6. The van der Waals surface area contributed by atoms with E-state index in [4.69, 9.17) is 11.6 Å². The Hall–Kier alpha value is -1.45. The predicted octanol–water partition coefficient (Wildman–Crippen LogP) is 4.66. The second-order valence-electron chi connectivity index (χ2n) is 5.33. The number of halogens is 1. The minimum absolute atomic E-state index is 0.0416. The van der Waals surface area contributed by atoms with E-state index in [0.29, 0.717) is 15.8 Å². The zero-order valence-corrected chi connectivity index (χ0v) is 13.8. The summed E-state index contributed by atoms with van der Waals surface area (Å²) in [6, 6.07) is 17.8. The lowest BCUT2D eigenvalue weighted by molar-refractivity contribution is 0.0767. The summed E-state index contributed by atoms with van der Waals surface area (Å²) in [5.41, 5.74) is 1.95. The van der Waals surface area contributed by atoms with Crippen molar-refractivity contribution in [3.8, 4) is 0 Å². The number of amides is 1. The number of hydrogen-bond acceptors (Lipinski definition) is 2. The maximum absolute atomic E-state index is 12.6. The molecule has 2 nitrogen and oxygen atoms in total. The minimum atomic E-state index is 0.0416. The van der Waals surface area contributed by atoms with Crippen LogP contribution >= 0.6 is 23.4 Å². The molecule has 1 saturated heterocycles. The van der Waals surface area contributed by atoms with Gasteiger partial charge in [-0.3, -0.25) is 4.79 Å². The summed E-state index contributed by atoms with van der Waals surface area (Å²) in [6.07, 6.45) is 0.977. The molecule has 1 aliphatic rings. The number of thioether (sulfide) groups is 1.